The third-order valence-corrected chi connectivity index (χ3v) is 4.62. The van der Waals surface area contributed by atoms with Gasteiger partial charge in [0.15, 0.2) is 0 Å². The molecule has 0 bridgehead atoms. The van der Waals surface area contributed by atoms with Crippen LogP contribution in [0, 0.1) is 0 Å². The lowest BCUT2D eigenvalue weighted by atomic mass is 10.2. The Labute approximate surface area is 124 Å². The van der Waals surface area contributed by atoms with Crippen LogP contribution in [0.1, 0.15) is 43.7 Å². The van der Waals surface area contributed by atoms with Gasteiger partial charge in [0.2, 0.25) is 0 Å². The molecule has 1 aromatic carbocycles. The molecule has 1 fully saturated rings. The van der Waals surface area contributed by atoms with Crippen LogP contribution in [-0.2, 0) is 0 Å². The number of hydrogen-bond donors (Lipinski definition) is 1. The molecule has 0 radical (unpaired) electrons. The van der Waals surface area contributed by atoms with Crippen LogP contribution in [0.3, 0.4) is 0 Å². The quantitative estimate of drug-likeness (QED) is 0.870. The van der Waals surface area contributed by atoms with Crippen molar-refractivity contribution in [3.8, 4) is 5.75 Å². The average Bonchev–Trinajstić information content (AvgIpc) is 3.13. The van der Waals surface area contributed by atoms with E-state index >= 15 is 0 Å². The SMILES string of the molecule is CC(Nc1ccc(OC2CCCC2)cc1)c1nccs1. The number of hydrogen-bond acceptors (Lipinski definition) is 4. The molecular formula is C16H20N2OS. The summed E-state index contributed by atoms with van der Waals surface area (Å²) in [6.45, 7) is 2.13. The second kappa shape index (κ2) is 6.27. The van der Waals surface area contributed by atoms with Gasteiger partial charge >= 0.3 is 0 Å². The van der Waals surface area contributed by atoms with E-state index in [1.807, 2.05) is 11.6 Å². The minimum absolute atomic E-state index is 0.233. The summed E-state index contributed by atoms with van der Waals surface area (Å²) in [5.41, 5.74) is 1.10. The van der Waals surface area contributed by atoms with E-state index in [1.165, 1.54) is 25.7 Å². The number of ether oxygens (including phenoxy) is 1. The van der Waals surface area contributed by atoms with Gasteiger partial charge in [0.05, 0.1) is 12.1 Å². The van der Waals surface area contributed by atoms with E-state index in [9.17, 15) is 0 Å². The largest absolute Gasteiger partial charge is 0.490 e. The molecule has 4 heteroatoms. The Hall–Kier alpha value is -1.55. The van der Waals surface area contributed by atoms with Crippen LogP contribution < -0.4 is 10.1 Å². The molecule has 1 heterocycles. The molecule has 0 saturated heterocycles. The van der Waals surface area contributed by atoms with Gasteiger partial charge in [-0.2, -0.15) is 0 Å². The van der Waals surface area contributed by atoms with E-state index < -0.39 is 0 Å². The number of benzene rings is 1. The number of thiazole rings is 1. The number of nitrogens with zero attached hydrogens (tertiary/aromatic N) is 1. The summed E-state index contributed by atoms with van der Waals surface area (Å²) in [5.74, 6) is 0.976. The first kappa shape index (κ1) is 13.4. The highest BCUT2D eigenvalue weighted by atomic mass is 32.1. The maximum absolute atomic E-state index is 5.97. The highest BCUT2D eigenvalue weighted by molar-refractivity contribution is 7.09. The van der Waals surface area contributed by atoms with Gasteiger partial charge in [0, 0.05) is 17.3 Å². The van der Waals surface area contributed by atoms with Crippen molar-refractivity contribution >= 4 is 17.0 Å². The van der Waals surface area contributed by atoms with Crippen molar-refractivity contribution < 1.29 is 4.74 Å². The van der Waals surface area contributed by atoms with Crippen molar-refractivity contribution in [2.45, 2.75) is 44.8 Å². The molecule has 0 aliphatic heterocycles. The molecule has 3 nitrogen and oxygen atoms in total. The summed E-state index contributed by atoms with van der Waals surface area (Å²) in [6, 6.07) is 8.49. The summed E-state index contributed by atoms with van der Waals surface area (Å²) >= 11 is 1.68. The molecule has 1 saturated carbocycles. The highest BCUT2D eigenvalue weighted by Gasteiger charge is 2.16. The molecule has 1 aliphatic carbocycles. The highest BCUT2D eigenvalue weighted by Crippen LogP contribution is 2.26. The fraction of sp³-hybridized carbons (Fsp3) is 0.438. The summed E-state index contributed by atoms with van der Waals surface area (Å²) in [4.78, 5) is 4.33. The van der Waals surface area contributed by atoms with Crippen molar-refractivity contribution in [1.82, 2.24) is 4.98 Å². The monoisotopic (exact) mass is 288 g/mol. The zero-order valence-corrected chi connectivity index (χ0v) is 12.5. The Morgan fingerprint density at radius 3 is 2.65 bits per heavy atom. The number of aromatic nitrogens is 1. The first-order chi connectivity index (χ1) is 9.81. The Morgan fingerprint density at radius 1 is 1.25 bits per heavy atom. The predicted molar refractivity (Wildman–Crippen MR) is 83.5 cm³/mol. The third kappa shape index (κ3) is 3.31. The molecule has 0 spiro atoms. The van der Waals surface area contributed by atoms with E-state index in [1.54, 1.807) is 11.3 Å². The first-order valence-electron chi connectivity index (χ1n) is 7.24. The van der Waals surface area contributed by atoms with Crippen molar-refractivity contribution in [3.05, 3.63) is 40.8 Å². The Bertz CT molecular complexity index is 518. The minimum atomic E-state index is 0.233. The van der Waals surface area contributed by atoms with Gasteiger partial charge in [-0.25, -0.2) is 4.98 Å². The lowest BCUT2D eigenvalue weighted by Crippen LogP contribution is -2.11. The van der Waals surface area contributed by atoms with Crippen LogP contribution in [0.2, 0.25) is 0 Å². The van der Waals surface area contributed by atoms with Gasteiger partial charge < -0.3 is 10.1 Å². The van der Waals surface area contributed by atoms with Crippen molar-refractivity contribution in [3.63, 3.8) is 0 Å². The normalized spacial score (nSPS) is 17.1. The molecule has 1 N–H and O–H groups in total. The Kier molecular flexibility index (Phi) is 4.21. The van der Waals surface area contributed by atoms with Crippen LogP contribution in [0.15, 0.2) is 35.8 Å². The van der Waals surface area contributed by atoms with Crippen molar-refractivity contribution in [1.29, 1.82) is 0 Å². The van der Waals surface area contributed by atoms with Crippen LogP contribution in [0.5, 0.6) is 5.75 Å². The van der Waals surface area contributed by atoms with Gasteiger partial charge in [-0.1, -0.05) is 0 Å². The molecule has 20 heavy (non-hydrogen) atoms. The molecule has 1 aliphatic rings. The van der Waals surface area contributed by atoms with Gasteiger partial charge in [-0.15, -0.1) is 11.3 Å². The van der Waals surface area contributed by atoms with E-state index in [2.05, 4.69) is 41.5 Å². The van der Waals surface area contributed by atoms with E-state index in [0.717, 1.165) is 16.4 Å². The maximum Gasteiger partial charge on any atom is 0.119 e. The van der Waals surface area contributed by atoms with Gasteiger partial charge in [-0.05, 0) is 56.9 Å². The van der Waals surface area contributed by atoms with E-state index in [4.69, 9.17) is 4.74 Å². The lowest BCUT2D eigenvalue weighted by molar-refractivity contribution is 0.210. The predicted octanol–water partition coefficient (Wildman–Crippen LogP) is 4.64. The molecule has 0 amide bonds. The zero-order valence-electron chi connectivity index (χ0n) is 11.7. The number of rotatable bonds is 5. The molecule has 1 atom stereocenters. The number of nitrogens with one attached hydrogen (secondary N) is 1. The van der Waals surface area contributed by atoms with E-state index in [-0.39, 0.29) is 6.04 Å². The minimum Gasteiger partial charge on any atom is -0.490 e. The molecular weight excluding hydrogens is 268 g/mol. The summed E-state index contributed by atoms with van der Waals surface area (Å²) in [6.07, 6.45) is 7.26. The third-order valence-electron chi connectivity index (χ3n) is 3.66. The van der Waals surface area contributed by atoms with Crippen LogP contribution in [0.25, 0.3) is 0 Å². The molecule has 3 rings (SSSR count). The summed E-state index contributed by atoms with van der Waals surface area (Å²) in [7, 11) is 0. The second-order valence-corrected chi connectivity index (χ2v) is 6.21. The van der Waals surface area contributed by atoms with Crippen LogP contribution >= 0.6 is 11.3 Å². The van der Waals surface area contributed by atoms with E-state index in [0.29, 0.717) is 6.10 Å². The van der Waals surface area contributed by atoms with Crippen molar-refractivity contribution in [2.24, 2.45) is 0 Å². The van der Waals surface area contributed by atoms with Gasteiger partial charge in [0.25, 0.3) is 0 Å². The lowest BCUT2D eigenvalue weighted by Gasteiger charge is -2.15. The Morgan fingerprint density at radius 2 is 2.00 bits per heavy atom. The topological polar surface area (TPSA) is 34.1 Å². The number of anilines is 1. The van der Waals surface area contributed by atoms with Crippen molar-refractivity contribution in [2.75, 3.05) is 5.32 Å². The first-order valence-corrected chi connectivity index (χ1v) is 8.12. The summed E-state index contributed by atoms with van der Waals surface area (Å²) in [5, 5.41) is 6.57. The van der Waals surface area contributed by atoms with Gasteiger partial charge in [0.1, 0.15) is 10.8 Å². The maximum atomic E-state index is 5.97. The van der Waals surface area contributed by atoms with Crippen LogP contribution in [0.4, 0.5) is 5.69 Å². The molecule has 106 valence electrons. The average molecular weight is 288 g/mol. The standard InChI is InChI=1S/C16H20N2OS/c1-12(16-17-10-11-20-16)18-13-6-8-15(9-7-13)19-14-4-2-3-5-14/h6-12,14,18H,2-5H2,1H3. The zero-order chi connectivity index (χ0) is 13.8. The Balaban J connectivity index is 1.58. The van der Waals surface area contributed by atoms with Crippen LogP contribution in [-0.4, -0.2) is 11.1 Å². The molecule has 1 aromatic heterocycles. The van der Waals surface area contributed by atoms with Gasteiger partial charge in [-0.3, -0.25) is 0 Å². The summed E-state index contributed by atoms with van der Waals surface area (Å²) < 4.78 is 5.97. The fourth-order valence-electron chi connectivity index (χ4n) is 2.59. The molecule has 2 aromatic rings. The second-order valence-electron chi connectivity index (χ2n) is 5.29. The fourth-order valence-corrected chi connectivity index (χ4v) is 3.23. The molecule has 1 unspecified atom stereocenters. The smallest absolute Gasteiger partial charge is 0.119 e.